The van der Waals surface area contributed by atoms with E-state index in [-0.39, 0.29) is 16.4 Å². The summed E-state index contributed by atoms with van der Waals surface area (Å²) in [6.45, 7) is 1.70. The van der Waals surface area contributed by atoms with E-state index in [1.807, 2.05) is 0 Å². The van der Waals surface area contributed by atoms with Gasteiger partial charge >= 0.3 is 0 Å². The number of aryl methyl sites for hydroxylation is 1. The Kier molecular flexibility index (Phi) is 4.08. The van der Waals surface area contributed by atoms with Crippen LogP contribution in [0.15, 0.2) is 12.1 Å². The molecule has 0 saturated carbocycles. The Morgan fingerprint density at radius 1 is 1.43 bits per heavy atom. The topological polar surface area (TPSA) is 110 Å². The fraction of sp³-hybridized carbons (Fsp3) is 0.182. The van der Waals surface area contributed by atoms with Crippen molar-refractivity contribution in [2.75, 3.05) is 17.7 Å². The van der Waals surface area contributed by atoms with Crippen molar-refractivity contribution in [1.82, 2.24) is 10.2 Å². The van der Waals surface area contributed by atoms with Crippen molar-refractivity contribution in [3.8, 4) is 0 Å². The smallest absolute Gasteiger partial charge is 0.285 e. The van der Waals surface area contributed by atoms with Crippen LogP contribution in [0, 0.1) is 22.9 Å². The number of nitrogens with zero attached hydrogens (tertiary/aromatic N) is 3. The first-order valence-electron chi connectivity index (χ1n) is 5.69. The lowest BCUT2D eigenvalue weighted by atomic mass is 10.1. The number of aromatic nitrogens is 2. The van der Waals surface area contributed by atoms with Gasteiger partial charge in [0.05, 0.1) is 16.7 Å². The van der Waals surface area contributed by atoms with E-state index in [1.54, 1.807) is 6.92 Å². The largest absolute Gasteiger partial charge is 0.386 e. The number of benzene rings is 1. The minimum absolute atomic E-state index is 0.0146. The molecule has 0 fully saturated rings. The van der Waals surface area contributed by atoms with Crippen LogP contribution in [0.5, 0.6) is 0 Å². The van der Waals surface area contributed by atoms with Gasteiger partial charge in [0.25, 0.3) is 11.6 Å². The highest BCUT2D eigenvalue weighted by Gasteiger charge is 2.24. The molecule has 0 aliphatic carbocycles. The van der Waals surface area contributed by atoms with Crippen LogP contribution in [0.3, 0.4) is 0 Å². The summed E-state index contributed by atoms with van der Waals surface area (Å²) in [5.74, 6) is -1.57. The predicted molar refractivity (Wildman–Crippen MR) is 75.2 cm³/mol. The summed E-state index contributed by atoms with van der Waals surface area (Å²) in [5, 5.41) is 24.1. The summed E-state index contributed by atoms with van der Waals surface area (Å²) in [6.07, 6.45) is 0. The third kappa shape index (κ3) is 3.11. The van der Waals surface area contributed by atoms with Crippen molar-refractivity contribution < 1.29 is 14.1 Å². The molecule has 110 valence electrons. The molecule has 1 aromatic heterocycles. The van der Waals surface area contributed by atoms with Gasteiger partial charge in [-0.25, -0.2) is 4.39 Å². The van der Waals surface area contributed by atoms with E-state index in [0.29, 0.717) is 11.1 Å². The maximum Gasteiger partial charge on any atom is 0.285 e. The van der Waals surface area contributed by atoms with Gasteiger partial charge in [0.1, 0.15) is 10.6 Å². The number of carbonyl (C=O) groups is 1. The molecule has 1 aromatic carbocycles. The Hall–Kier alpha value is -2.62. The lowest BCUT2D eigenvalue weighted by molar-refractivity contribution is -0.385. The second kappa shape index (κ2) is 5.79. The second-order valence-electron chi connectivity index (χ2n) is 3.94. The monoisotopic (exact) mass is 311 g/mol. The molecule has 0 atom stereocenters. The number of nitro groups is 1. The number of amides is 1. The third-order valence-corrected chi connectivity index (χ3v) is 3.30. The molecule has 2 rings (SSSR count). The minimum atomic E-state index is -0.817. The fourth-order valence-electron chi connectivity index (χ4n) is 1.60. The number of rotatable bonds is 4. The van der Waals surface area contributed by atoms with Crippen LogP contribution in [0.1, 0.15) is 15.4 Å². The van der Waals surface area contributed by atoms with Gasteiger partial charge in [-0.15, -0.1) is 10.2 Å². The average Bonchev–Trinajstić information content (AvgIpc) is 2.83. The summed E-state index contributed by atoms with van der Waals surface area (Å²) < 4.78 is 13.6. The molecular weight excluding hydrogens is 301 g/mol. The molecule has 10 heteroatoms. The zero-order chi connectivity index (χ0) is 15.6. The molecule has 8 nitrogen and oxygen atoms in total. The van der Waals surface area contributed by atoms with Gasteiger partial charge in [0, 0.05) is 7.05 Å². The summed E-state index contributed by atoms with van der Waals surface area (Å²) in [6, 6.07) is 1.78. The van der Waals surface area contributed by atoms with E-state index in [4.69, 9.17) is 0 Å². The number of halogens is 1. The quantitative estimate of drug-likeness (QED) is 0.661. The van der Waals surface area contributed by atoms with Gasteiger partial charge in [-0.1, -0.05) is 11.3 Å². The van der Waals surface area contributed by atoms with E-state index in [2.05, 4.69) is 20.8 Å². The molecule has 0 aliphatic rings. The summed E-state index contributed by atoms with van der Waals surface area (Å²) in [4.78, 5) is 22.2. The van der Waals surface area contributed by atoms with Crippen molar-refractivity contribution in [2.24, 2.45) is 0 Å². The van der Waals surface area contributed by atoms with E-state index >= 15 is 0 Å². The van der Waals surface area contributed by atoms with E-state index in [0.717, 1.165) is 17.4 Å². The van der Waals surface area contributed by atoms with E-state index in [1.165, 1.54) is 7.05 Å². The maximum absolute atomic E-state index is 13.6. The molecule has 1 heterocycles. The highest BCUT2D eigenvalue weighted by molar-refractivity contribution is 7.15. The molecule has 2 N–H and O–H groups in total. The van der Waals surface area contributed by atoms with E-state index in [9.17, 15) is 19.3 Å². The third-order valence-electron chi connectivity index (χ3n) is 2.54. The van der Waals surface area contributed by atoms with Gasteiger partial charge in [-0.2, -0.15) is 0 Å². The van der Waals surface area contributed by atoms with Crippen LogP contribution in [0.25, 0.3) is 0 Å². The van der Waals surface area contributed by atoms with E-state index < -0.39 is 22.3 Å². The van der Waals surface area contributed by atoms with Crippen LogP contribution in [-0.2, 0) is 0 Å². The maximum atomic E-state index is 13.6. The Morgan fingerprint density at radius 2 is 2.14 bits per heavy atom. The molecule has 21 heavy (non-hydrogen) atoms. The van der Waals surface area contributed by atoms with Gasteiger partial charge in [0.2, 0.25) is 5.13 Å². The summed E-state index contributed by atoms with van der Waals surface area (Å²) >= 11 is 1.12. The normalized spacial score (nSPS) is 10.2. The average molecular weight is 311 g/mol. The Balaban J connectivity index is 2.40. The number of nitro benzene ring substituents is 1. The highest BCUT2D eigenvalue weighted by atomic mass is 32.1. The standard InChI is InChI=1S/C11H10FN5O3S/c1-5-15-16-11(21-5)14-10(18)6-3-8(13-2)7(12)4-9(6)17(19)20/h3-4,13H,1-2H3,(H,14,16,18). The Labute approximate surface area is 122 Å². The van der Waals surface area contributed by atoms with Crippen LogP contribution < -0.4 is 10.6 Å². The number of anilines is 2. The SMILES string of the molecule is CNc1cc(C(=O)Nc2nnc(C)s2)c([N+](=O)[O-])cc1F. The molecule has 0 radical (unpaired) electrons. The van der Waals surface area contributed by atoms with Crippen LogP contribution in [0.4, 0.5) is 20.9 Å². The number of hydrogen-bond donors (Lipinski definition) is 2. The Bertz CT molecular complexity index is 718. The van der Waals surface area contributed by atoms with Crippen molar-refractivity contribution in [2.45, 2.75) is 6.92 Å². The van der Waals surface area contributed by atoms with Crippen molar-refractivity contribution in [1.29, 1.82) is 0 Å². The number of hydrogen-bond acceptors (Lipinski definition) is 7. The first-order valence-corrected chi connectivity index (χ1v) is 6.51. The van der Waals surface area contributed by atoms with Crippen molar-refractivity contribution in [3.63, 3.8) is 0 Å². The van der Waals surface area contributed by atoms with Crippen LogP contribution in [0.2, 0.25) is 0 Å². The minimum Gasteiger partial charge on any atom is -0.386 e. The predicted octanol–water partition coefficient (Wildman–Crippen LogP) is 2.19. The van der Waals surface area contributed by atoms with Crippen molar-refractivity contribution >= 4 is 33.8 Å². The summed E-state index contributed by atoms with van der Waals surface area (Å²) in [7, 11) is 1.44. The van der Waals surface area contributed by atoms with Gasteiger partial charge in [-0.3, -0.25) is 20.2 Å². The number of carbonyl (C=O) groups excluding carboxylic acids is 1. The highest BCUT2D eigenvalue weighted by Crippen LogP contribution is 2.27. The molecule has 0 saturated heterocycles. The lowest BCUT2D eigenvalue weighted by Crippen LogP contribution is -2.15. The molecule has 0 spiro atoms. The van der Waals surface area contributed by atoms with Gasteiger partial charge < -0.3 is 5.32 Å². The van der Waals surface area contributed by atoms with Crippen LogP contribution >= 0.6 is 11.3 Å². The molecular formula is C11H10FN5O3S. The molecule has 0 unspecified atom stereocenters. The van der Waals surface area contributed by atoms with Gasteiger partial charge in [0.15, 0.2) is 5.82 Å². The fourth-order valence-corrected chi connectivity index (χ4v) is 2.19. The second-order valence-corrected chi connectivity index (χ2v) is 5.12. The zero-order valence-electron chi connectivity index (χ0n) is 11.0. The summed E-state index contributed by atoms with van der Waals surface area (Å²) in [5.41, 5.74) is -0.900. The van der Waals surface area contributed by atoms with Crippen LogP contribution in [-0.4, -0.2) is 28.1 Å². The first kappa shape index (κ1) is 14.8. The zero-order valence-corrected chi connectivity index (χ0v) is 11.8. The molecule has 2 aromatic rings. The van der Waals surface area contributed by atoms with Gasteiger partial charge in [-0.05, 0) is 13.0 Å². The molecule has 0 bridgehead atoms. The molecule has 1 amide bonds. The lowest BCUT2D eigenvalue weighted by Gasteiger charge is -2.07. The number of nitrogens with one attached hydrogen (secondary N) is 2. The van der Waals surface area contributed by atoms with Crippen molar-refractivity contribution in [3.05, 3.63) is 38.6 Å². The molecule has 0 aliphatic heterocycles. The Morgan fingerprint density at radius 3 is 2.67 bits per heavy atom. The first-order chi connectivity index (χ1) is 9.92.